The number of benzene rings is 1. The van der Waals surface area contributed by atoms with Crippen LogP contribution >= 0.6 is 0 Å². The molecule has 0 aliphatic rings. The average molecular weight is 188 g/mol. The SMILES string of the molecule is Cc1cc2cc(N)cc(C)c2[nH]c1=O. The van der Waals surface area contributed by atoms with Crippen LogP contribution in [0.25, 0.3) is 10.9 Å². The number of anilines is 1. The Morgan fingerprint density at radius 2 is 1.86 bits per heavy atom. The summed E-state index contributed by atoms with van der Waals surface area (Å²) in [7, 11) is 0. The van der Waals surface area contributed by atoms with E-state index < -0.39 is 0 Å². The van der Waals surface area contributed by atoms with E-state index in [0.717, 1.165) is 22.2 Å². The zero-order valence-corrected chi connectivity index (χ0v) is 8.22. The lowest BCUT2D eigenvalue weighted by molar-refractivity contribution is 1.22. The molecule has 1 aromatic carbocycles. The maximum atomic E-state index is 11.4. The summed E-state index contributed by atoms with van der Waals surface area (Å²) in [6, 6.07) is 5.58. The summed E-state index contributed by atoms with van der Waals surface area (Å²) in [4.78, 5) is 14.2. The van der Waals surface area contributed by atoms with Gasteiger partial charge in [-0.2, -0.15) is 0 Å². The van der Waals surface area contributed by atoms with Crippen LogP contribution in [-0.4, -0.2) is 4.98 Å². The van der Waals surface area contributed by atoms with Crippen LogP contribution in [0, 0.1) is 13.8 Å². The lowest BCUT2D eigenvalue weighted by atomic mass is 10.1. The van der Waals surface area contributed by atoms with Gasteiger partial charge in [-0.25, -0.2) is 0 Å². The monoisotopic (exact) mass is 188 g/mol. The number of pyridine rings is 1. The first-order chi connectivity index (χ1) is 6.58. The molecule has 3 nitrogen and oxygen atoms in total. The van der Waals surface area contributed by atoms with Gasteiger partial charge < -0.3 is 10.7 Å². The zero-order chi connectivity index (χ0) is 10.3. The summed E-state index contributed by atoms with van der Waals surface area (Å²) in [5, 5.41) is 0.986. The molecule has 0 radical (unpaired) electrons. The Kier molecular flexibility index (Phi) is 1.81. The van der Waals surface area contributed by atoms with E-state index in [1.165, 1.54) is 0 Å². The molecule has 0 fully saturated rings. The number of hydrogen-bond donors (Lipinski definition) is 2. The first kappa shape index (κ1) is 8.81. The highest BCUT2D eigenvalue weighted by Gasteiger charge is 2.02. The molecule has 1 heterocycles. The number of rotatable bonds is 0. The molecule has 14 heavy (non-hydrogen) atoms. The summed E-state index contributed by atoms with van der Waals surface area (Å²) in [5.41, 5.74) is 8.99. The van der Waals surface area contributed by atoms with Crippen LogP contribution in [0.5, 0.6) is 0 Å². The maximum Gasteiger partial charge on any atom is 0.251 e. The van der Waals surface area contributed by atoms with Gasteiger partial charge in [0, 0.05) is 16.6 Å². The van der Waals surface area contributed by atoms with E-state index in [1.54, 1.807) is 6.92 Å². The van der Waals surface area contributed by atoms with E-state index >= 15 is 0 Å². The molecule has 0 aliphatic carbocycles. The summed E-state index contributed by atoms with van der Waals surface area (Å²) < 4.78 is 0. The van der Waals surface area contributed by atoms with Gasteiger partial charge in [-0.3, -0.25) is 4.79 Å². The number of H-pyrrole nitrogens is 1. The molecule has 0 amide bonds. The van der Waals surface area contributed by atoms with Crippen molar-refractivity contribution in [3.63, 3.8) is 0 Å². The Morgan fingerprint density at radius 1 is 1.14 bits per heavy atom. The third kappa shape index (κ3) is 1.27. The predicted molar refractivity (Wildman–Crippen MR) is 58.5 cm³/mol. The van der Waals surface area contributed by atoms with Gasteiger partial charge in [-0.05, 0) is 37.6 Å². The maximum absolute atomic E-state index is 11.4. The van der Waals surface area contributed by atoms with Crippen molar-refractivity contribution >= 4 is 16.6 Å². The predicted octanol–water partition coefficient (Wildman–Crippen LogP) is 1.73. The summed E-state index contributed by atoms with van der Waals surface area (Å²) in [6.45, 7) is 3.72. The second-order valence-corrected chi connectivity index (χ2v) is 3.58. The van der Waals surface area contributed by atoms with Crippen molar-refractivity contribution in [1.29, 1.82) is 0 Å². The van der Waals surface area contributed by atoms with Crippen molar-refractivity contribution in [2.75, 3.05) is 5.73 Å². The number of hydrogen-bond acceptors (Lipinski definition) is 2. The number of aromatic nitrogens is 1. The highest BCUT2D eigenvalue weighted by Crippen LogP contribution is 2.19. The second-order valence-electron chi connectivity index (χ2n) is 3.58. The van der Waals surface area contributed by atoms with Gasteiger partial charge in [0.25, 0.3) is 5.56 Å². The highest BCUT2D eigenvalue weighted by atomic mass is 16.1. The van der Waals surface area contributed by atoms with Crippen LogP contribution in [-0.2, 0) is 0 Å². The third-order valence-electron chi connectivity index (χ3n) is 2.36. The molecule has 0 saturated heterocycles. The van der Waals surface area contributed by atoms with Gasteiger partial charge in [0.05, 0.1) is 5.52 Å². The van der Waals surface area contributed by atoms with Crippen molar-refractivity contribution in [2.45, 2.75) is 13.8 Å². The molecule has 3 heteroatoms. The molecule has 0 bridgehead atoms. The first-order valence-electron chi connectivity index (χ1n) is 4.47. The van der Waals surface area contributed by atoms with Crippen molar-refractivity contribution in [2.24, 2.45) is 0 Å². The fourth-order valence-electron chi connectivity index (χ4n) is 1.64. The Morgan fingerprint density at radius 3 is 2.57 bits per heavy atom. The van der Waals surface area contributed by atoms with Crippen molar-refractivity contribution in [3.8, 4) is 0 Å². The fourth-order valence-corrected chi connectivity index (χ4v) is 1.64. The summed E-state index contributed by atoms with van der Waals surface area (Å²) in [5.74, 6) is 0. The Hall–Kier alpha value is -1.77. The molecule has 0 aliphatic heterocycles. The van der Waals surface area contributed by atoms with Crippen LogP contribution < -0.4 is 11.3 Å². The lowest BCUT2D eigenvalue weighted by Gasteiger charge is -2.04. The quantitative estimate of drug-likeness (QED) is 0.618. The van der Waals surface area contributed by atoms with E-state index in [2.05, 4.69) is 4.98 Å². The molecular formula is C11H12N2O. The van der Waals surface area contributed by atoms with Gasteiger partial charge in [0.1, 0.15) is 0 Å². The number of aryl methyl sites for hydroxylation is 2. The normalized spacial score (nSPS) is 10.7. The van der Waals surface area contributed by atoms with Gasteiger partial charge >= 0.3 is 0 Å². The largest absolute Gasteiger partial charge is 0.399 e. The number of fused-ring (bicyclic) bond motifs is 1. The lowest BCUT2D eigenvalue weighted by Crippen LogP contribution is -2.09. The van der Waals surface area contributed by atoms with E-state index in [-0.39, 0.29) is 5.56 Å². The molecule has 2 rings (SSSR count). The van der Waals surface area contributed by atoms with Crippen LogP contribution in [0.4, 0.5) is 5.69 Å². The molecule has 3 N–H and O–H groups in total. The van der Waals surface area contributed by atoms with E-state index in [4.69, 9.17) is 5.73 Å². The second kappa shape index (κ2) is 2.87. The van der Waals surface area contributed by atoms with Gasteiger partial charge in [-0.15, -0.1) is 0 Å². The van der Waals surface area contributed by atoms with E-state index in [0.29, 0.717) is 5.56 Å². The number of nitrogen functional groups attached to an aromatic ring is 1. The van der Waals surface area contributed by atoms with Crippen molar-refractivity contribution < 1.29 is 0 Å². The molecule has 72 valence electrons. The van der Waals surface area contributed by atoms with Crippen LogP contribution in [0.1, 0.15) is 11.1 Å². The number of nitrogens with two attached hydrogens (primary N) is 1. The van der Waals surface area contributed by atoms with Crippen LogP contribution in [0.15, 0.2) is 23.0 Å². The minimum atomic E-state index is -0.0367. The molecule has 0 unspecified atom stereocenters. The van der Waals surface area contributed by atoms with Crippen LogP contribution in [0.2, 0.25) is 0 Å². The number of nitrogens with one attached hydrogen (secondary N) is 1. The zero-order valence-electron chi connectivity index (χ0n) is 8.22. The minimum absolute atomic E-state index is 0.0367. The topological polar surface area (TPSA) is 58.9 Å². The number of aromatic amines is 1. The van der Waals surface area contributed by atoms with Gasteiger partial charge in [0.2, 0.25) is 0 Å². The molecule has 0 atom stereocenters. The standard InChI is InChI=1S/C11H12N2O/c1-6-4-9(12)5-8-3-7(2)11(14)13-10(6)8/h3-5H,12H2,1-2H3,(H,13,14). The van der Waals surface area contributed by atoms with Crippen LogP contribution in [0.3, 0.4) is 0 Å². The van der Waals surface area contributed by atoms with Crippen molar-refractivity contribution in [1.82, 2.24) is 4.98 Å². The van der Waals surface area contributed by atoms with E-state index in [1.807, 2.05) is 25.1 Å². The van der Waals surface area contributed by atoms with Gasteiger partial charge in [-0.1, -0.05) is 0 Å². The third-order valence-corrected chi connectivity index (χ3v) is 2.36. The average Bonchev–Trinajstić information content (AvgIpc) is 2.08. The molecule has 0 saturated carbocycles. The molecule has 1 aromatic heterocycles. The van der Waals surface area contributed by atoms with Crippen molar-refractivity contribution in [3.05, 3.63) is 39.7 Å². The Bertz CT molecular complexity index is 555. The molecule has 0 spiro atoms. The first-order valence-corrected chi connectivity index (χ1v) is 4.47. The molecule has 2 aromatic rings. The summed E-state index contributed by atoms with van der Waals surface area (Å²) >= 11 is 0. The molecular weight excluding hydrogens is 176 g/mol. The Balaban J connectivity index is 2.96. The smallest absolute Gasteiger partial charge is 0.251 e. The Labute approximate surface area is 81.6 Å². The fraction of sp³-hybridized carbons (Fsp3) is 0.182. The summed E-state index contributed by atoms with van der Waals surface area (Å²) in [6.07, 6.45) is 0. The van der Waals surface area contributed by atoms with E-state index in [9.17, 15) is 4.79 Å². The highest BCUT2D eigenvalue weighted by molar-refractivity contribution is 5.85. The minimum Gasteiger partial charge on any atom is -0.399 e. The van der Waals surface area contributed by atoms with Gasteiger partial charge in [0.15, 0.2) is 0 Å².